The zero-order chi connectivity index (χ0) is 15.5. The fraction of sp³-hybridized carbons (Fsp3) is 0.353. The molecule has 0 bridgehead atoms. The van der Waals surface area contributed by atoms with Crippen LogP contribution in [-0.4, -0.2) is 19.0 Å². The lowest BCUT2D eigenvalue weighted by Crippen LogP contribution is -2.30. The van der Waals surface area contributed by atoms with E-state index in [1.54, 1.807) is 19.1 Å². The Balaban J connectivity index is 1.87. The number of benzene rings is 1. The molecule has 1 amide bonds. The fourth-order valence-corrected chi connectivity index (χ4v) is 3.00. The molecule has 0 saturated carbocycles. The van der Waals surface area contributed by atoms with Gasteiger partial charge in [0.05, 0.1) is 23.2 Å². The minimum absolute atomic E-state index is 0.174. The highest BCUT2D eigenvalue weighted by atomic mass is 35.5. The van der Waals surface area contributed by atoms with Crippen molar-refractivity contribution in [3.63, 3.8) is 0 Å². The maximum Gasteiger partial charge on any atom is 0.259 e. The third-order valence-corrected chi connectivity index (χ3v) is 4.24. The van der Waals surface area contributed by atoms with Gasteiger partial charge in [0.15, 0.2) is 0 Å². The number of anilines is 2. The van der Waals surface area contributed by atoms with Crippen molar-refractivity contribution in [3.05, 3.63) is 46.9 Å². The van der Waals surface area contributed by atoms with Crippen molar-refractivity contribution in [2.24, 2.45) is 0 Å². The van der Waals surface area contributed by atoms with Gasteiger partial charge in [-0.25, -0.2) is 0 Å². The van der Waals surface area contributed by atoms with Crippen LogP contribution in [-0.2, 0) is 0 Å². The van der Waals surface area contributed by atoms with Gasteiger partial charge in [-0.15, -0.1) is 0 Å². The predicted octanol–water partition coefficient (Wildman–Crippen LogP) is 4.48. The number of carbonyl (C=O) groups excluding carboxylic acids is 1. The summed E-state index contributed by atoms with van der Waals surface area (Å²) in [4.78, 5) is 14.7. The Hall–Kier alpha value is -1.94. The molecule has 1 aliphatic heterocycles. The molecule has 2 heterocycles. The summed E-state index contributed by atoms with van der Waals surface area (Å²) in [7, 11) is 0. The largest absolute Gasteiger partial charge is 0.469 e. The van der Waals surface area contributed by atoms with Crippen molar-refractivity contribution in [2.45, 2.75) is 26.2 Å². The SMILES string of the molecule is Cc1occc1C(=O)Nc1cc(Cl)ccc1N1CCCCC1. The van der Waals surface area contributed by atoms with E-state index in [0.29, 0.717) is 16.3 Å². The highest BCUT2D eigenvalue weighted by Crippen LogP contribution is 2.31. The van der Waals surface area contributed by atoms with E-state index >= 15 is 0 Å². The molecule has 116 valence electrons. The number of nitrogens with zero attached hydrogens (tertiary/aromatic N) is 1. The number of piperidine rings is 1. The number of furan rings is 1. The van der Waals surface area contributed by atoms with E-state index in [9.17, 15) is 4.79 Å². The minimum Gasteiger partial charge on any atom is -0.469 e. The van der Waals surface area contributed by atoms with Crippen molar-refractivity contribution < 1.29 is 9.21 Å². The van der Waals surface area contributed by atoms with Crippen molar-refractivity contribution in [1.82, 2.24) is 0 Å². The van der Waals surface area contributed by atoms with Gasteiger partial charge in [-0.05, 0) is 50.5 Å². The first-order chi connectivity index (χ1) is 10.6. The van der Waals surface area contributed by atoms with Crippen LogP contribution in [0.25, 0.3) is 0 Å². The van der Waals surface area contributed by atoms with Gasteiger partial charge in [0.2, 0.25) is 0 Å². The van der Waals surface area contributed by atoms with E-state index in [0.717, 1.165) is 24.5 Å². The molecule has 1 aromatic heterocycles. The number of hydrogen-bond acceptors (Lipinski definition) is 3. The smallest absolute Gasteiger partial charge is 0.259 e. The van der Waals surface area contributed by atoms with Crippen LogP contribution in [0.3, 0.4) is 0 Å². The summed E-state index contributed by atoms with van der Waals surface area (Å²) in [5.74, 6) is 0.436. The molecular formula is C17H19ClN2O2. The van der Waals surface area contributed by atoms with Gasteiger partial charge in [0, 0.05) is 18.1 Å². The van der Waals surface area contributed by atoms with Gasteiger partial charge < -0.3 is 14.6 Å². The predicted molar refractivity (Wildman–Crippen MR) is 88.9 cm³/mol. The van der Waals surface area contributed by atoms with E-state index in [4.69, 9.17) is 16.0 Å². The highest BCUT2D eigenvalue weighted by molar-refractivity contribution is 6.31. The van der Waals surface area contributed by atoms with Crippen LogP contribution in [0.4, 0.5) is 11.4 Å². The second-order valence-corrected chi connectivity index (χ2v) is 5.99. The Labute approximate surface area is 135 Å². The molecule has 1 saturated heterocycles. The summed E-state index contributed by atoms with van der Waals surface area (Å²) in [6.45, 7) is 3.79. The number of nitrogens with one attached hydrogen (secondary N) is 1. The molecule has 4 nitrogen and oxygen atoms in total. The number of amides is 1. The van der Waals surface area contributed by atoms with Crippen molar-refractivity contribution >= 4 is 28.9 Å². The zero-order valence-corrected chi connectivity index (χ0v) is 13.3. The molecule has 5 heteroatoms. The van der Waals surface area contributed by atoms with E-state index in [1.807, 2.05) is 12.1 Å². The van der Waals surface area contributed by atoms with Gasteiger partial charge in [-0.3, -0.25) is 4.79 Å². The first kappa shape index (κ1) is 15.0. The molecule has 1 aromatic carbocycles. The minimum atomic E-state index is -0.174. The summed E-state index contributed by atoms with van der Waals surface area (Å²) < 4.78 is 5.20. The average molecular weight is 319 g/mol. The van der Waals surface area contributed by atoms with Gasteiger partial charge >= 0.3 is 0 Å². The van der Waals surface area contributed by atoms with Gasteiger partial charge in [-0.2, -0.15) is 0 Å². The Morgan fingerprint density at radius 1 is 1.23 bits per heavy atom. The van der Waals surface area contributed by atoms with Crippen LogP contribution in [0.5, 0.6) is 0 Å². The summed E-state index contributed by atoms with van der Waals surface area (Å²) in [5.41, 5.74) is 2.32. The van der Waals surface area contributed by atoms with E-state index in [-0.39, 0.29) is 5.91 Å². The normalized spacial score (nSPS) is 14.9. The lowest BCUT2D eigenvalue weighted by atomic mass is 10.1. The number of hydrogen-bond donors (Lipinski definition) is 1. The fourth-order valence-electron chi connectivity index (χ4n) is 2.83. The second kappa shape index (κ2) is 6.44. The monoisotopic (exact) mass is 318 g/mol. The highest BCUT2D eigenvalue weighted by Gasteiger charge is 2.18. The molecule has 22 heavy (non-hydrogen) atoms. The quantitative estimate of drug-likeness (QED) is 0.907. The standard InChI is InChI=1S/C17H19ClN2O2/c1-12-14(7-10-22-12)17(21)19-15-11-13(18)5-6-16(15)20-8-3-2-4-9-20/h5-7,10-11H,2-4,8-9H2,1H3,(H,19,21). The second-order valence-electron chi connectivity index (χ2n) is 5.55. The first-order valence-corrected chi connectivity index (χ1v) is 7.93. The summed E-state index contributed by atoms with van der Waals surface area (Å²) in [6, 6.07) is 7.32. The third-order valence-electron chi connectivity index (χ3n) is 4.01. The maximum atomic E-state index is 12.4. The number of halogens is 1. The lowest BCUT2D eigenvalue weighted by molar-refractivity contribution is 0.102. The molecule has 0 unspecified atom stereocenters. The van der Waals surface area contributed by atoms with Crippen LogP contribution in [0.15, 0.2) is 34.9 Å². The van der Waals surface area contributed by atoms with Crippen LogP contribution in [0.1, 0.15) is 35.4 Å². The lowest BCUT2D eigenvalue weighted by Gasteiger charge is -2.30. The van der Waals surface area contributed by atoms with Crippen LogP contribution in [0, 0.1) is 6.92 Å². The molecule has 0 atom stereocenters. The number of rotatable bonds is 3. The van der Waals surface area contributed by atoms with E-state index < -0.39 is 0 Å². The molecule has 1 fully saturated rings. The third kappa shape index (κ3) is 3.12. The number of carbonyl (C=O) groups is 1. The first-order valence-electron chi connectivity index (χ1n) is 7.55. The average Bonchev–Trinajstić information content (AvgIpc) is 2.94. The molecular weight excluding hydrogens is 300 g/mol. The van der Waals surface area contributed by atoms with Gasteiger partial charge in [0.25, 0.3) is 5.91 Å². The van der Waals surface area contributed by atoms with Crippen molar-refractivity contribution in [3.8, 4) is 0 Å². The van der Waals surface area contributed by atoms with E-state index in [1.165, 1.54) is 25.5 Å². The Bertz CT molecular complexity index is 675. The number of aryl methyl sites for hydroxylation is 1. The van der Waals surface area contributed by atoms with Crippen LogP contribution < -0.4 is 10.2 Å². The zero-order valence-electron chi connectivity index (χ0n) is 12.6. The maximum absolute atomic E-state index is 12.4. The Kier molecular flexibility index (Phi) is 4.39. The molecule has 1 aliphatic rings. The summed E-state index contributed by atoms with van der Waals surface area (Å²) in [5, 5.41) is 3.58. The van der Waals surface area contributed by atoms with Gasteiger partial charge in [-0.1, -0.05) is 11.6 Å². The van der Waals surface area contributed by atoms with E-state index in [2.05, 4.69) is 10.2 Å². The van der Waals surface area contributed by atoms with Crippen LogP contribution in [0.2, 0.25) is 5.02 Å². The molecule has 0 radical (unpaired) electrons. The van der Waals surface area contributed by atoms with Crippen molar-refractivity contribution in [2.75, 3.05) is 23.3 Å². The molecule has 0 spiro atoms. The Morgan fingerprint density at radius 3 is 2.68 bits per heavy atom. The van der Waals surface area contributed by atoms with Gasteiger partial charge in [0.1, 0.15) is 5.76 Å². The van der Waals surface area contributed by atoms with Crippen LogP contribution >= 0.6 is 11.6 Å². The molecule has 1 N–H and O–H groups in total. The topological polar surface area (TPSA) is 45.5 Å². The molecule has 3 rings (SSSR count). The molecule has 0 aliphatic carbocycles. The summed E-state index contributed by atoms with van der Waals surface area (Å²) in [6.07, 6.45) is 5.14. The Morgan fingerprint density at radius 2 is 2.00 bits per heavy atom. The van der Waals surface area contributed by atoms with Crippen molar-refractivity contribution in [1.29, 1.82) is 0 Å². The summed E-state index contributed by atoms with van der Waals surface area (Å²) >= 11 is 6.11. The molecule has 2 aromatic rings.